The fourth-order valence-corrected chi connectivity index (χ4v) is 9.71. The van der Waals surface area contributed by atoms with E-state index in [1.54, 1.807) is 36.5 Å². The second-order valence-corrected chi connectivity index (χ2v) is 19.5. The second kappa shape index (κ2) is 21.2. The van der Waals surface area contributed by atoms with Crippen LogP contribution in [0.4, 0.5) is 33.3 Å². The van der Waals surface area contributed by atoms with Gasteiger partial charge in [0.25, 0.3) is 20.0 Å². The number of benzene rings is 6. The van der Waals surface area contributed by atoms with Gasteiger partial charge in [-0.2, -0.15) is 13.2 Å². The molecule has 0 aliphatic heterocycles. The molecule has 71 heavy (non-hydrogen) atoms. The molecule has 0 saturated heterocycles. The molecule has 2 aromatic heterocycles. The molecule has 0 fully saturated rings. The van der Waals surface area contributed by atoms with E-state index in [0.717, 1.165) is 30.3 Å². The summed E-state index contributed by atoms with van der Waals surface area (Å²) in [6.07, 6.45) is -1.94. The number of alkyl halides is 3. The number of hydrogen-bond acceptors (Lipinski definition) is 12. The van der Waals surface area contributed by atoms with Gasteiger partial charge in [0.2, 0.25) is 0 Å². The number of ether oxygens (including phenoxy) is 6. The molecule has 0 saturated carbocycles. The molecule has 2 N–H and O–H groups in total. The van der Waals surface area contributed by atoms with Crippen LogP contribution in [0.5, 0.6) is 46.0 Å². The number of rotatable bonds is 14. The maximum absolute atomic E-state index is 14.8. The fraction of sp³-hybridized carbons (Fsp3) is 0.106. The summed E-state index contributed by atoms with van der Waals surface area (Å²) in [6.45, 7) is 0. The van der Waals surface area contributed by atoms with Crippen LogP contribution in [0.2, 0.25) is 10.0 Å². The number of aromatic nitrogens is 2. The Morgan fingerprint density at radius 1 is 0.535 bits per heavy atom. The predicted octanol–water partition coefficient (Wildman–Crippen LogP) is 13.1. The summed E-state index contributed by atoms with van der Waals surface area (Å²) in [7, 11) is -2.92. The summed E-state index contributed by atoms with van der Waals surface area (Å²) in [4.78, 5) is 7.34. The highest BCUT2D eigenvalue weighted by molar-refractivity contribution is 9.10. The minimum atomic E-state index is -4.95. The van der Waals surface area contributed by atoms with Crippen molar-refractivity contribution in [3.05, 3.63) is 153 Å². The first-order chi connectivity index (χ1) is 33.6. The zero-order valence-corrected chi connectivity index (χ0v) is 41.6. The zero-order chi connectivity index (χ0) is 51.4. The standard InChI is InChI=1S/C24H17BrF4N2O5S.C23H17Cl2FN2O5S/c1-34-21-11-15-19(12-22(21)35-2)30-8-7-20(15)36-14-4-5-18(17(26)10-14)31-37(32,33)23-6-3-13(25)9-16(23)24(27,28)29;1-31-22-11-15-20(12-23(22)32-2)27-8-7-21(15)33-13-3-6-19(18(26)9-13)28-34(29,30)14-4-5-16(24)17(25)10-14/h3-12,31H,1-2H3;3-12,28H,1-2H3. The summed E-state index contributed by atoms with van der Waals surface area (Å²) >= 11 is 14.6. The van der Waals surface area contributed by atoms with Gasteiger partial charge in [0.05, 0.1) is 76.2 Å². The van der Waals surface area contributed by atoms with Crippen molar-refractivity contribution in [1.82, 2.24) is 9.97 Å². The third-order valence-corrected chi connectivity index (χ3v) is 14.0. The Morgan fingerprint density at radius 2 is 1.00 bits per heavy atom. The quantitative estimate of drug-likeness (QED) is 0.0988. The number of pyridine rings is 2. The van der Waals surface area contributed by atoms with E-state index in [2.05, 4.69) is 30.6 Å². The Kier molecular flexibility index (Phi) is 15.6. The zero-order valence-electron chi connectivity index (χ0n) is 36.9. The Labute approximate surface area is 420 Å². The number of methoxy groups -OCH3 is 4. The van der Waals surface area contributed by atoms with E-state index in [1.807, 2.05) is 4.72 Å². The Balaban J connectivity index is 0.000000209. The SMILES string of the molecule is COc1cc2nccc(Oc3ccc(NS(=O)(=O)c4ccc(Br)cc4C(F)(F)F)c(F)c3)c2cc1OC.COc1cc2nccc(Oc3ccc(NS(=O)(=O)c4ccc(Cl)c(Cl)c4)c(F)c3)c2cc1OC. The topological polar surface area (TPSA) is 174 Å². The molecule has 0 amide bonds. The first-order valence-electron chi connectivity index (χ1n) is 20.0. The average Bonchev–Trinajstić information content (AvgIpc) is 3.33. The minimum Gasteiger partial charge on any atom is -0.493 e. The lowest BCUT2D eigenvalue weighted by Crippen LogP contribution is -2.19. The largest absolute Gasteiger partial charge is 0.493 e. The van der Waals surface area contributed by atoms with Crippen LogP contribution in [0.15, 0.2) is 136 Å². The van der Waals surface area contributed by atoms with E-state index in [9.17, 15) is 38.8 Å². The van der Waals surface area contributed by atoms with Gasteiger partial charge < -0.3 is 28.4 Å². The van der Waals surface area contributed by atoms with E-state index in [4.69, 9.17) is 51.6 Å². The van der Waals surface area contributed by atoms with Gasteiger partial charge in [-0.25, -0.2) is 25.6 Å². The smallest absolute Gasteiger partial charge is 0.417 e. The molecule has 14 nitrogen and oxygen atoms in total. The lowest BCUT2D eigenvalue weighted by molar-refractivity contribution is -0.139. The number of halogens is 8. The maximum atomic E-state index is 14.8. The molecular formula is C47H34BrCl2F5N4O10S2. The molecule has 0 aliphatic carbocycles. The Hall–Kier alpha value is -6.85. The summed E-state index contributed by atoms with van der Waals surface area (Å²) in [5, 5.41) is 1.41. The number of hydrogen-bond donors (Lipinski definition) is 2. The molecule has 24 heteroatoms. The van der Waals surface area contributed by atoms with Crippen LogP contribution < -0.4 is 37.9 Å². The lowest BCUT2D eigenvalue weighted by atomic mass is 10.2. The first kappa shape index (κ1) is 52.0. The number of nitrogens with zero attached hydrogens (tertiary/aromatic N) is 2. The lowest BCUT2D eigenvalue weighted by Gasteiger charge is -2.16. The van der Waals surface area contributed by atoms with Crippen molar-refractivity contribution < 1.29 is 67.2 Å². The van der Waals surface area contributed by atoms with Gasteiger partial charge in [-0.15, -0.1) is 0 Å². The van der Waals surface area contributed by atoms with Crippen LogP contribution >= 0.6 is 39.1 Å². The van der Waals surface area contributed by atoms with Crippen LogP contribution in [-0.2, 0) is 26.2 Å². The molecule has 0 bridgehead atoms. The van der Waals surface area contributed by atoms with E-state index in [0.29, 0.717) is 62.4 Å². The molecule has 2 heterocycles. The molecule has 0 radical (unpaired) electrons. The van der Waals surface area contributed by atoms with Gasteiger partial charge in [0.15, 0.2) is 34.6 Å². The van der Waals surface area contributed by atoms with Crippen LogP contribution in [0, 0.1) is 11.6 Å². The number of anilines is 2. The van der Waals surface area contributed by atoms with Crippen LogP contribution in [0.1, 0.15) is 5.56 Å². The molecule has 0 aliphatic rings. The van der Waals surface area contributed by atoms with Gasteiger partial charge in [-0.1, -0.05) is 39.1 Å². The van der Waals surface area contributed by atoms with Gasteiger partial charge in [-0.05, 0) is 84.9 Å². The van der Waals surface area contributed by atoms with Crippen molar-refractivity contribution in [3.63, 3.8) is 0 Å². The van der Waals surface area contributed by atoms with Crippen molar-refractivity contribution in [1.29, 1.82) is 0 Å². The monoisotopic (exact) mass is 1120 g/mol. The third-order valence-electron chi connectivity index (χ3n) is 9.98. The average molecular weight is 1120 g/mol. The highest BCUT2D eigenvalue weighted by Gasteiger charge is 2.38. The fourth-order valence-electron chi connectivity index (χ4n) is 6.62. The highest BCUT2D eigenvalue weighted by atomic mass is 79.9. The van der Waals surface area contributed by atoms with Crippen molar-refractivity contribution >= 4 is 92.4 Å². The number of nitrogens with one attached hydrogen (secondary N) is 2. The van der Waals surface area contributed by atoms with E-state index in [-0.39, 0.29) is 36.6 Å². The molecule has 0 unspecified atom stereocenters. The van der Waals surface area contributed by atoms with Gasteiger partial charge in [0, 0.05) is 51.9 Å². The van der Waals surface area contributed by atoms with E-state index >= 15 is 0 Å². The highest BCUT2D eigenvalue weighted by Crippen LogP contribution is 2.41. The predicted molar refractivity (Wildman–Crippen MR) is 260 cm³/mol. The summed E-state index contributed by atoms with van der Waals surface area (Å²) in [5.74, 6) is 0.785. The van der Waals surface area contributed by atoms with Gasteiger partial charge in [0.1, 0.15) is 23.0 Å². The van der Waals surface area contributed by atoms with Crippen molar-refractivity contribution in [2.45, 2.75) is 16.0 Å². The second-order valence-electron chi connectivity index (χ2n) is 14.5. The summed E-state index contributed by atoms with van der Waals surface area (Å²) < 4.78 is 157. The number of fused-ring (bicyclic) bond motifs is 2. The van der Waals surface area contributed by atoms with Gasteiger partial charge in [-0.3, -0.25) is 19.4 Å². The Morgan fingerprint density at radius 3 is 1.44 bits per heavy atom. The van der Waals surface area contributed by atoms with Crippen LogP contribution in [0.25, 0.3) is 21.8 Å². The molecule has 370 valence electrons. The molecule has 0 spiro atoms. The minimum absolute atomic E-state index is 0.00218. The van der Waals surface area contributed by atoms with Gasteiger partial charge >= 0.3 is 6.18 Å². The Bertz CT molecular complexity index is 3560. The molecule has 0 atom stereocenters. The third kappa shape index (κ3) is 11.9. The number of sulfonamides is 2. The summed E-state index contributed by atoms with van der Waals surface area (Å²) in [5.41, 5.74) is -1.12. The molecule has 8 aromatic rings. The molecular weight excluding hydrogens is 1090 g/mol. The maximum Gasteiger partial charge on any atom is 0.417 e. The molecule has 6 aromatic carbocycles. The van der Waals surface area contributed by atoms with Crippen LogP contribution in [0.3, 0.4) is 0 Å². The van der Waals surface area contributed by atoms with Crippen LogP contribution in [-0.4, -0.2) is 55.2 Å². The normalized spacial score (nSPS) is 11.6. The van der Waals surface area contributed by atoms with E-state index < -0.39 is 54.0 Å². The van der Waals surface area contributed by atoms with Crippen molar-refractivity contribution in [2.75, 3.05) is 37.9 Å². The van der Waals surface area contributed by atoms with Crippen molar-refractivity contribution in [2.24, 2.45) is 0 Å². The molecule has 8 rings (SSSR count). The van der Waals surface area contributed by atoms with Crippen molar-refractivity contribution in [3.8, 4) is 46.0 Å². The summed E-state index contributed by atoms with van der Waals surface area (Å²) in [6, 6.07) is 23.1. The first-order valence-corrected chi connectivity index (χ1v) is 24.5. The van der Waals surface area contributed by atoms with E-state index in [1.165, 1.54) is 77.1 Å².